The Morgan fingerprint density at radius 3 is 2.75 bits per heavy atom. The third-order valence-corrected chi connectivity index (χ3v) is 0.875. The first kappa shape index (κ1) is 7.63. The van der Waals surface area contributed by atoms with Crippen LogP contribution in [-0.2, 0) is 4.79 Å². The van der Waals surface area contributed by atoms with Crippen molar-refractivity contribution in [2.75, 3.05) is 6.54 Å². The normalized spacial score (nSPS) is 9.12. The van der Waals surface area contributed by atoms with E-state index in [1.165, 1.54) is 0 Å². The molecule has 0 heterocycles. The summed E-state index contributed by atoms with van der Waals surface area (Å²) in [6.45, 7) is 0.718. The molecule has 0 aromatic rings. The van der Waals surface area contributed by atoms with Crippen molar-refractivity contribution in [3.63, 3.8) is 0 Å². The lowest BCUT2D eigenvalue weighted by Crippen LogP contribution is -1.97. The molecule has 0 fully saturated rings. The van der Waals surface area contributed by atoms with Crippen LogP contribution in [0.5, 0.6) is 0 Å². The fourth-order valence-corrected chi connectivity index (χ4v) is 0.448. The quantitative estimate of drug-likeness (QED) is 0.418. The first-order valence-electron chi connectivity index (χ1n) is 2.87. The minimum absolute atomic E-state index is 0.569. The van der Waals surface area contributed by atoms with Gasteiger partial charge in [-0.25, -0.2) is 0 Å². The van der Waals surface area contributed by atoms with Crippen molar-refractivity contribution in [1.29, 1.82) is 0 Å². The second-order valence-corrected chi connectivity index (χ2v) is 1.62. The van der Waals surface area contributed by atoms with E-state index in [2.05, 4.69) is 0 Å². The first-order chi connectivity index (χ1) is 3.91. The second kappa shape index (κ2) is 6.63. The molecular formula is C6H12NO. The Morgan fingerprint density at radius 1 is 1.50 bits per heavy atom. The number of rotatable bonds is 5. The van der Waals surface area contributed by atoms with E-state index in [0.717, 1.165) is 25.7 Å². The summed E-state index contributed by atoms with van der Waals surface area (Å²) in [5.41, 5.74) is 5.20. The highest BCUT2D eigenvalue weighted by Crippen LogP contribution is 1.92. The lowest BCUT2D eigenvalue weighted by atomic mass is 10.2. The van der Waals surface area contributed by atoms with Crippen LogP contribution in [0.1, 0.15) is 19.3 Å². The molecule has 0 unspecified atom stereocenters. The van der Waals surface area contributed by atoms with Crippen molar-refractivity contribution in [3.05, 3.63) is 6.42 Å². The molecule has 0 rings (SSSR count). The molecule has 2 N–H and O–H groups in total. The molecule has 47 valence electrons. The van der Waals surface area contributed by atoms with E-state index in [1.807, 2.05) is 6.42 Å². The summed E-state index contributed by atoms with van der Waals surface area (Å²) in [6, 6.07) is 0. The third-order valence-electron chi connectivity index (χ3n) is 0.875. The zero-order chi connectivity index (χ0) is 6.24. The predicted molar refractivity (Wildman–Crippen MR) is 33.3 cm³/mol. The highest BCUT2D eigenvalue weighted by molar-refractivity contribution is 5.50. The van der Waals surface area contributed by atoms with Gasteiger partial charge >= 0.3 is 0 Å². The SMILES string of the molecule is NCCC[CH]CC=O. The Labute approximate surface area is 50.1 Å². The minimum atomic E-state index is 0.569. The van der Waals surface area contributed by atoms with E-state index in [0.29, 0.717) is 6.42 Å². The number of unbranched alkanes of at least 4 members (excludes halogenated alkanes) is 3. The maximum atomic E-state index is 9.71. The maximum absolute atomic E-state index is 9.71. The van der Waals surface area contributed by atoms with E-state index < -0.39 is 0 Å². The molecule has 2 heteroatoms. The summed E-state index contributed by atoms with van der Waals surface area (Å²) >= 11 is 0. The van der Waals surface area contributed by atoms with Crippen molar-refractivity contribution >= 4 is 6.29 Å². The molecule has 0 saturated heterocycles. The molecule has 2 nitrogen and oxygen atoms in total. The monoisotopic (exact) mass is 114 g/mol. The Morgan fingerprint density at radius 2 is 2.25 bits per heavy atom. The number of carbonyl (C=O) groups is 1. The van der Waals surface area contributed by atoms with Crippen LogP contribution in [0.25, 0.3) is 0 Å². The zero-order valence-corrected chi connectivity index (χ0v) is 4.97. The average Bonchev–Trinajstić information content (AvgIpc) is 1.81. The smallest absolute Gasteiger partial charge is 0.120 e. The summed E-state index contributed by atoms with van der Waals surface area (Å²) in [6.07, 6.45) is 5.37. The summed E-state index contributed by atoms with van der Waals surface area (Å²) in [5.74, 6) is 0. The van der Waals surface area contributed by atoms with Crippen LogP contribution in [0, 0.1) is 6.42 Å². The van der Waals surface area contributed by atoms with Gasteiger partial charge in [-0.05, 0) is 25.8 Å². The molecule has 0 spiro atoms. The van der Waals surface area contributed by atoms with Gasteiger partial charge < -0.3 is 10.5 Å². The zero-order valence-electron chi connectivity index (χ0n) is 4.97. The second-order valence-electron chi connectivity index (χ2n) is 1.62. The van der Waals surface area contributed by atoms with Crippen molar-refractivity contribution in [2.24, 2.45) is 5.73 Å². The van der Waals surface area contributed by atoms with E-state index in [4.69, 9.17) is 5.73 Å². The lowest BCUT2D eigenvalue weighted by molar-refractivity contribution is -0.107. The van der Waals surface area contributed by atoms with Gasteiger partial charge in [-0.3, -0.25) is 0 Å². The van der Waals surface area contributed by atoms with Crippen molar-refractivity contribution in [2.45, 2.75) is 19.3 Å². The van der Waals surface area contributed by atoms with Gasteiger partial charge in [0.1, 0.15) is 6.29 Å². The van der Waals surface area contributed by atoms with Gasteiger partial charge in [0.15, 0.2) is 0 Å². The Kier molecular flexibility index (Phi) is 6.32. The van der Waals surface area contributed by atoms with Gasteiger partial charge in [-0.2, -0.15) is 0 Å². The number of hydrogen-bond donors (Lipinski definition) is 1. The van der Waals surface area contributed by atoms with Crippen molar-refractivity contribution in [1.82, 2.24) is 0 Å². The summed E-state index contributed by atoms with van der Waals surface area (Å²) in [5, 5.41) is 0. The van der Waals surface area contributed by atoms with Crippen LogP contribution in [0.2, 0.25) is 0 Å². The number of nitrogens with two attached hydrogens (primary N) is 1. The fourth-order valence-electron chi connectivity index (χ4n) is 0.448. The maximum Gasteiger partial charge on any atom is 0.120 e. The van der Waals surface area contributed by atoms with Crippen LogP contribution in [0.3, 0.4) is 0 Å². The first-order valence-corrected chi connectivity index (χ1v) is 2.87. The molecule has 0 bridgehead atoms. The van der Waals surface area contributed by atoms with Crippen LogP contribution < -0.4 is 5.73 Å². The van der Waals surface area contributed by atoms with E-state index >= 15 is 0 Å². The lowest BCUT2D eigenvalue weighted by Gasteiger charge is -1.90. The van der Waals surface area contributed by atoms with E-state index in [-0.39, 0.29) is 0 Å². The molecule has 0 aliphatic rings. The van der Waals surface area contributed by atoms with Gasteiger partial charge in [0, 0.05) is 6.42 Å². The van der Waals surface area contributed by atoms with Gasteiger partial charge in [0.05, 0.1) is 0 Å². The molecule has 0 aliphatic carbocycles. The van der Waals surface area contributed by atoms with Crippen LogP contribution in [0.4, 0.5) is 0 Å². The Balaban J connectivity index is 2.62. The van der Waals surface area contributed by atoms with Crippen molar-refractivity contribution in [3.8, 4) is 0 Å². The van der Waals surface area contributed by atoms with Crippen LogP contribution >= 0.6 is 0 Å². The molecule has 0 saturated carbocycles. The molecule has 8 heavy (non-hydrogen) atoms. The number of carbonyl (C=O) groups excluding carboxylic acids is 1. The molecular weight excluding hydrogens is 102 g/mol. The Hall–Kier alpha value is -0.370. The standard InChI is InChI=1S/C6H12NO/c7-5-3-1-2-4-6-8/h2,6H,1,3-5,7H2. The molecule has 0 atom stereocenters. The largest absolute Gasteiger partial charge is 0.330 e. The van der Waals surface area contributed by atoms with E-state index in [9.17, 15) is 4.79 Å². The molecule has 1 radical (unpaired) electrons. The molecule has 0 amide bonds. The van der Waals surface area contributed by atoms with Gasteiger partial charge in [0.25, 0.3) is 0 Å². The van der Waals surface area contributed by atoms with Gasteiger partial charge in [0.2, 0.25) is 0 Å². The van der Waals surface area contributed by atoms with E-state index in [1.54, 1.807) is 0 Å². The summed E-state index contributed by atoms with van der Waals surface area (Å²) in [4.78, 5) is 9.71. The molecule has 0 aromatic carbocycles. The fraction of sp³-hybridized carbons (Fsp3) is 0.667. The molecule has 0 aromatic heterocycles. The number of hydrogen-bond acceptors (Lipinski definition) is 2. The minimum Gasteiger partial charge on any atom is -0.330 e. The number of aldehydes is 1. The predicted octanol–water partition coefficient (Wildman–Crippen LogP) is 0.519. The van der Waals surface area contributed by atoms with Gasteiger partial charge in [-0.15, -0.1) is 0 Å². The average molecular weight is 114 g/mol. The highest BCUT2D eigenvalue weighted by Gasteiger charge is 1.84. The summed E-state index contributed by atoms with van der Waals surface area (Å²) < 4.78 is 0. The van der Waals surface area contributed by atoms with Gasteiger partial charge in [-0.1, -0.05) is 0 Å². The third kappa shape index (κ3) is 5.63. The summed E-state index contributed by atoms with van der Waals surface area (Å²) in [7, 11) is 0. The highest BCUT2D eigenvalue weighted by atomic mass is 16.1. The van der Waals surface area contributed by atoms with Crippen LogP contribution in [-0.4, -0.2) is 12.8 Å². The van der Waals surface area contributed by atoms with Crippen LogP contribution in [0.15, 0.2) is 0 Å². The topological polar surface area (TPSA) is 43.1 Å². The molecule has 0 aliphatic heterocycles. The Bertz CT molecular complexity index is 54.5. The van der Waals surface area contributed by atoms with Crippen molar-refractivity contribution < 1.29 is 4.79 Å².